The largest absolute Gasteiger partial charge is 0.383 e. The second-order valence-electron chi connectivity index (χ2n) is 4.02. The number of carbonyl (C=O) groups is 2. The molecule has 3 N–H and O–H groups in total. The van der Waals surface area contributed by atoms with Gasteiger partial charge in [0.25, 0.3) is 0 Å². The van der Waals surface area contributed by atoms with Gasteiger partial charge in [0.15, 0.2) is 0 Å². The molecule has 3 amide bonds. The maximum absolute atomic E-state index is 11.5. The Bertz CT molecular complexity index is 268. The molecule has 0 atom stereocenters. The van der Waals surface area contributed by atoms with Crippen LogP contribution in [-0.2, 0) is 9.53 Å². The summed E-state index contributed by atoms with van der Waals surface area (Å²) in [4.78, 5) is 24.6. The molecule has 98 valence electrons. The number of amides is 3. The lowest BCUT2D eigenvalue weighted by molar-refractivity contribution is -0.121. The van der Waals surface area contributed by atoms with Crippen LogP contribution < -0.4 is 16.0 Å². The van der Waals surface area contributed by atoms with Crippen LogP contribution in [0.5, 0.6) is 0 Å². The van der Waals surface area contributed by atoms with Crippen molar-refractivity contribution >= 4 is 11.9 Å². The first-order valence-corrected chi connectivity index (χ1v) is 5.61. The van der Waals surface area contributed by atoms with Gasteiger partial charge in [-0.05, 0) is 7.05 Å². The van der Waals surface area contributed by atoms with E-state index in [2.05, 4.69) is 16.0 Å². The molecule has 0 aromatic heterocycles. The second-order valence-corrected chi connectivity index (χ2v) is 4.02. The normalized spacial score (nSPS) is 15.5. The molecule has 0 aliphatic carbocycles. The minimum Gasteiger partial charge on any atom is -0.383 e. The van der Waals surface area contributed by atoms with E-state index in [1.165, 1.54) is 0 Å². The number of rotatable bonds is 6. The number of nitrogens with one attached hydrogen (secondary N) is 3. The summed E-state index contributed by atoms with van der Waals surface area (Å²) in [6, 6.07) is -0.0931. The summed E-state index contributed by atoms with van der Waals surface area (Å²) >= 11 is 0. The van der Waals surface area contributed by atoms with E-state index in [0.29, 0.717) is 19.2 Å². The fraction of sp³-hybridized carbons (Fsp3) is 0.800. The summed E-state index contributed by atoms with van der Waals surface area (Å²) < 4.78 is 4.77. The van der Waals surface area contributed by atoms with Crippen molar-refractivity contribution in [2.24, 2.45) is 0 Å². The highest BCUT2D eigenvalue weighted by molar-refractivity contribution is 5.95. The molecule has 1 aliphatic heterocycles. The fourth-order valence-electron chi connectivity index (χ4n) is 1.42. The molecule has 7 heteroatoms. The zero-order valence-corrected chi connectivity index (χ0v) is 10.3. The summed E-state index contributed by atoms with van der Waals surface area (Å²) in [5, 5.41) is 7.91. The molecule has 17 heavy (non-hydrogen) atoms. The van der Waals surface area contributed by atoms with Gasteiger partial charge in [-0.25, -0.2) is 4.79 Å². The molecule has 1 saturated heterocycles. The minimum atomic E-state index is -0.479. The smallest absolute Gasteiger partial charge is 0.321 e. The van der Waals surface area contributed by atoms with E-state index in [-0.39, 0.29) is 12.5 Å². The van der Waals surface area contributed by atoms with Gasteiger partial charge >= 0.3 is 6.03 Å². The average Bonchev–Trinajstić information content (AvgIpc) is 2.14. The van der Waals surface area contributed by atoms with Gasteiger partial charge in [0.1, 0.15) is 0 Å². The Morgan fingerprint density at radius 1 is 1.47 bits per heavy atom. The minimum absolute atomic E-state index is 0.226. The first-order valence-electron chi connectivity index (χ1n) is 5.61. The summed E-state index contributed by atoms with van der Waals surface area (Å²) in [5.74, 6) is -0.297. The molecule has 1 fully saturated rings. The monoisotopic (exact) mass is 244 g/mol. The van der Waals surface area contributed by atoms with E-state index in [4.69, 9.17) is 4.74 Å². The predicted molar refractivity (Wildman–Crippen MR) is 62.7 cm³/mol. The molecule has 0 saturated carbocycles. The lowest BCUT2D eigenvalue weighted by atomic mass is 10.1. The van der Waals surface area contributed by atoms with Crippen molar-refractivity contribution in [2.75, 3.05) is 46.9 Å². The molecule has 0 aromatic rings. The van der Waals surface area contributed by atoms with Crippen molar-refractivity contribution in [1.29, 1.82) is 0 Å². The van der Waals surface area contributed by atoms with Gasteiger partial charge in [-0.15, -0.1) is 0 Å². The first kappa shape index (κ1) is 13.9. The van der Waals surface area contributed by atoms with Gasteiger partial charge < -0.3 is 15.4 Å². The lowest BCUT2D eigenvalue weighted by Crippen LogP contribution is -2.58. The van der Waals surface area contributed by atoms with E-state index >= 15 is 0 Å². The Balaban J connectivity index is 2.12. The summed E-state index contributed by atoms with van der Waals surface area (Å²) in [5.41, 5.74) is 0. The maximum atomic E-state index is 11.5. The van der Waals surface area contributed by atoms with Crippen molar-refractivity contribution < 1.29 is 14.3 Å². The molecular formula is C10H20N4O3. The highest BCUT2D eigenvalue weighted by atomic mass is 16.5. The number of urea groups is 1. The number of likely N-dealkylation sites (N-methyl/N-ethyl adjacent to an activating group) is 1. The van der Waals surface area contributed by atoms with Crippen LogP contribution in [0.4, 0.5) is 4.79 Å². The summed E-state index contributed by atoms with van der Waals surface area (Å²) in [6.45, 7) is 2.82. The topological polar surface area (TPSA) is 82.7 Å². The number of imide groups is 1. The molecule has 0 radical (unpaired) electrons. The van der Waals surface area contributed by atoms with Gasteiger partial charge in [-0.2, -0.15) is 0 Å². The van der Waals surface area contributed by atoms with Crippen molar-refractivity contribution in [2.45, 2.75) is 6.04 Å². The zero-order chi connectivity index (χ0) is 12.7. The molecule has 0 aromatic carbocycles. The van der Waals surface area contributed by atoms with Crippen LogP contribution in [0.1, 0.15) is 0 Å². The highest BCUT2D eigenvalue weighted by Gasteiger charge is 2.23. The van der Waals surface area contributed by atoms with Crippen LogP contribution in [0.15, 0.2) is 0 Å². The molecule has 1 aliphatic rings. The average molecular weight is 244 g/mol. The maximum Gasteiger partial charge on any atom is 0.321 e. The van der Waals surface area contributed by atoms with E-state index in [1.54, 1.807) is 7.11 Å². The van der Waals surface area contributed by atoms with Gasteiger partial charge in [-0.3, -0.25) is 15.0 Å². The molecule has 0 spiro atoms. The van der Waals surface area contributed by atoms with E-state index < -0.39 is 6.03 Å². The number of hydrogen-bond donors (Lipinski definition) is 3. The predicted octanol–water partition coefficient (Wildman–Crippen LogP) is -1.64. The summed E-state index contributed by atoms with van der Waals surface area (Å²) in [7, 11) is 3.42. The van der Waals surface area contributed by atoms with Crippen molar-refractivity contribution in [3.05, 3.63) is 0 Å². The Kier molecular flexibility index (Phi) is 5.88. The van der Waals surface area contributed by atoms with Crippen LogP contribution in [0.25, 0.3) is 0 Å². The van der Waals surface area contributed by atoms with Crippen molar-refractivity contribution in [3.63, 3.8) is 0 Å². The second kappa shape index (κ2) is 7.21. The van der Waals surface area contributed by atoms with Crippen LogP contribution in [0.3, 0.4) is 0 Å². The van der Waals surface area contributed by atoms with Gasteiger partial charge in [0.2, 0.25) is 5.91 Å². The Labute approximate surface area is 101 Å². The Morgan fingerprint density at radius 2 is 2.18 bits per heavy atom. The molecule has 1 rings (SSSR count). The standard InChI is InChI=1S/C10H20N4O3/c1-14(8-5-11-6-8)7-9(15)13-10(16)12-3-4-17-2/h8,11H,3-7H2,1-2H3,(H2,12,13,15,16). The number of methoxy groups -OCH3 is 1. The summed E-state index contributed by atoms with van der Waals surface area (Å²) in [6.07, 6.45) is 0. The van der Waals surface area contributed by atoms with Gasteiger partial charge in [-0.1, -0.05) is 0 Å². The van der Waals surface area contributed by atoms with E-state index in [1.807, 2.05) is 11.9 Å². The van der Waals surface area contributed by atoms with Gasteiger partial charge in [0.05, 0.1) is 13.2 Å². The molecular weight excluding hydrogens is 224 g/mol. The van der Waals surface area contributed by atoms with Gasteiger partial charge in [0, 0.05) is 32.8 Å². The SMILES string of the molecule is COCCNC(=O)NC(=O)CN(C)C1CNC1. The Hall–Kier alpha value is -1.18. The molecule has 0 unspecified atom stereocenters. The lowest BCUT2D eigenvalue weighted by Gasteiger charge is -2.35. The fourth-order valence-corrected chi connectivity index (χ4v) is 1.42. The van der Waals surface area contributed by atoms with E-state index in [0.717, 1.165) is 13.1 Å². The van der Waals surface area contributed by atoms with Crippen LogP contribution >= 0.6 is 0 Å². The number of nitrogens with zero attached hydrogens (tertiary/aromatic N) is 1. The first-order chi connectivity index (χ1) is 8.13. The third kappa shape index (κ3) is 5.12. The quantitative estimate of drug-likeness (QED) is 0.488. The zero-order valence-electron chi connectivity index (χ0n) is 10.3. The van der Waals surface area contributed by atoms with Crippen molar-refractivity contribution in [3.8, 4) is 0 Å². The van der Waals surface area contributed by atoms with E-state index in [9.17, 15) is 9.59 Å². The van der Waals surface area contributed by atoms with Crippen LogP contribution in [0, 0.1) is 0 Å². The highest BCUT2D eigenvalue weighted by Crippen LogP contribution is 2.00. The van der Waals surface area contributed by atoms with Crippen LogP contribution in [-0.4, -0.2) is 69.8 Å². The third-order valence-corrected chi connectivity index (χ3v) is 2.62. The molecule has 1 heterocycles. The molecule has 7 nitrogen and oxygen atoms in total. The van der Waals surface area contributed by atoms with Crippen LogP contribution in [0.2, 0.25) is 0 Å². The number of ether oxygens (including phenoxy) is 1. The van der Waals surface area contributed by atoms with Crippen molar-refractivity contribution in [1.82, 2.24) is 20.9 Å². The number of hydrogen-bond acceptors (Lipinski definition) is 5. The third-order valence-electron chi connectivity index (χ3n) is 2.62. The molecule has 0 bridgehead atoms. The Morgan fingerprint density at radius 3 is 2.71 bits per heavy atom. The number of carbonyl (C=O) groups excluding carboxylic acids is 2.